The number of rotatable bonds is 4. The smallest absolute Gasteiger partial charge is 0.189 e. The van der Waals surface area contributed by atoms with Crippen LogP contribution in [0.15, 0.2) is 59.6 Å². The maximum atomic E-state index is 14.7. The van der Waals surface area contributed by atoms with Crippen LogP contribution in [0.2, 0.25) is 10.0 Å². The summed E-state index contributed by atoms with van der Waals surface area (Å²) in [7, 11) is -4.19. The summed E-state index contributed by atoms with van der Waals surface area (Å²) in [6.07, 6.45) is 1.20. The van der Waals surface area contributed by atoms with E-state index in [1.807, 2.05) is 6.07 Å². The van der Waals surface area contributed by atoms with Crippen LogP contribution in [0.1, 0.15) is 21.9 Å². The first-order valence-electron chi connectivity index (χ1n) is 7.84. The number of pyridine rings is 1. The first-order chi connectivity index (χ1) is 13.2. The molecule has 5 nitrogen and oxygen atoms in total. The Bertz CT molecular complexity index is 1190. The van der Waals surface area contributed by atoms with Gasteiger partial charge in [-0.15, -0.1) is 0 Å². The van der Waals surface area contributed by atoms with E-state index < -0.39 is 20.9 Å². The summed E-state index contributed by atoms with van der Waals surface area (Å²) in [6.45, 7) is 0. The van der Waals surface area contributed by atoms with Crippen LogP contribution < -0.4 is 5.73 Å². The van der Waals surface area contributed by atoms with Gasteiger partial charge in [-0.3, -0.25) is 0 Å². The molecule has 9 heteroatoms. The summed E-state index contributed by atoms with van der Waals surface area (Å²) in [5.74, 6) is -0.777. The Morgan fingerprint density at radius 1 is 1.07 bits per heavy atom. The predicted molar refractivity (Wildman–Crippen MR) is 105 cm³/mol. The fourth-order valence-electron chi connectivity index (χ4n) is 2.75. The molecule has 1 atom stereocenters. The van der Waals surface area contributed by atoms with E-state index in [-0.39, 0.29) is 32.4 Å². The average Bonchev–Trinajstić information content (AvgIpc) is 2.66. The Balaban J connectivity index is 2.34. The molecule has 1 heterocycles. The Kier molecular flexibility index (Phi) is 5.57. The Morgan fingerprint density at radius 3 is 2.39 bits per heavy atom. The second-order valence-electron chi connectivity index (χ2n) is 5.86. The van der Waals surface area contributed by atoms with Gasteiger partial charge in [-0.2, -0.15) is 5.26 Å². The van der Waals surface area contributed by atoms with E-state index in [4.69, 9.17) is 34.2 Å². The average molecular weight is 436 g/mol. The van der Waals surface area contributed by atoms with Crippen LogP contribution >= 0.6 is 23.2 Å². The summed E-state index contributed by atoms with van der Waals surface area (Å²) in [6, 6.07) is 12.1. The fraction of sp³-hybridized carbons (Fsp3) is 0.0526. The second-order valence-corrected chi connectivity index (χ2v) is 8.73. The Hall–Kier alpha value is -2.66. The molecule has 28 heavy (non-hydrogen) atoms. The highest BCUT2D eigenvalue weighted by atomic mass is 35.5. The Morgan fingerprint density at radius 2 is 1.75 bits per heavy atom. The summed E-state index contributed by atoms with van der Waals surface area (Å²) >= 11 is 12.0. The Labute approximate surface area is 171 Å². The van der Waals surface area contributed by atoms with Gasteiger partial charge in [0.15, 0.2) is 9.84 Å². The number of hydrogen-bond acceptors (Lipinski definition) is 5. The molecule has 3 aromatic rings. The number of hydrogen-bond donors (Lipinski definition) is 1. The molecule has 0 amide bonds. The van der Waals surface area contributed by atoms with Crippen molar-refractivity contribution in [2.24, 2.45) is 0 Å². The molecule has 142 valence electrons. The monoisotopic (exact) mass is 435 g/mol. The van der Waals surface area contributed by atoms with Gasteiger partial charge >= 0.3 is 0 Å². The predicted octanol–water partition coefficient (Wildman–Crippen LogP) is 4.54. The molecule has 0 bridgehead atoms. The van der Waals surface area contributed by atoms with E-state index in [2.05, 4.69) is 4.98 Å². The SMILES string of the molecule is N#Cc1ccc(F)c(C(c2cc(N)ncc2Cl)S(=O)(=O)c2ccc(Cl)cc2)c1. The number of anilines is 1. The van der Waals surface area contributed by atoms with Crippen molar-refractivity contribution in [2.45, 2.75) is 10.1 Å². The van der Waals surface area contributed by atoms with E-state index >= 15 is 0 Å². The third kappa shape index (κ3) is 3.80. The molecule has 0 saturated carbocycles. The van der Waals surface area contributed by atoms with Crippen molar-refractivity contribution < 1.29 is 12.8 Å². The van der Waals surface area contributed by atoms with Gasteiger partial charge in [0.2, 0.25) is 0 Å². The lowest BCUT2D eigenvalue weighted by Crippen LogP contribution is -2.18. The van der Waals surface area contributed by atoms with Gasteiger partial charge in [0.05, 0.1) is 21.6 Å². The molecule has 0 fully saturated rings. The second kappa shape index (κ2) is 7.76. The minimum atomic E-state index is -4.19. The highest BCUT2D eigenvalue weighted by Crippen LogP contribution is 2.40. The van der Waals surface area contributed by atoms with E-state index in [0.29, 0.717) is 5.02 Å². The van der Waals surface area contributed by atoms with E-state index in [0.717, 1.165) is 6.07 Å². The molecular weight excluding hydrogens is 424 g/mol. The van der Waals surface area contributed by atoms with Crippen molar-refractivity contribution in [3.63, 3.8) is 0 Å². The van der Waals surface area contributed by atoms with E-state index in [1.54, 1.807) is 0 Å². The molecule has 0 spiro atoms. The summed E-state index contributed by atoms with van der Waals surface area (Å²) in [5.41, 5.74) is 5.65. The molecule has 2 N–H and O–H groups in total. The van der Waals surface area contributed by atoms with Crippen molar-refractivity contribution >= 4 is 38.9 Å². The van der Waals surface area contributed by atoms with Crippen molar-refractivity contribution in [1.29, 1.82) is 5.26 Å². The fourth-order valence-corrected chi connectivity index (χ4v) is 4.98. The third-order valence-corrected chi connectivity index (χ3v) is 6.67. The molecule has 0 aliphatic heterocycles. The summed E-state index contributed by atoms with van der Waals surface area (Å²) in [5, 5.41) is 7.97. The molecule has 0 aliphatic carbocycles. The van der Waals surface area contributed by atoms with Crippen LogP contribution in [0.5, 0.6) is 0 Å². The first-order valence-corrected chi connectivity index (χ1v) is 10.1. The van der Waals surface area contributed by atoms with Crippen LogP contribution in [-0.4, -0.2) is 13.4 Å². The lowest BCUT2D eigenvalue weighted by molar-refractivity contribution is 0.578. The lowest BCUT2D eigenvalue weighted by Gasteiger charge is -2.21. The number of aromatic nitrogens is 1. The number of halogens is 3. The molecule has 3 rings (SSSR count). The number of nitriles is 1. The maximum absolute atomic E-state index is 14.7. The van der Waals surface area contributed by atoms with Gasteiger partial charge in [-0.1, -0.05) is 23.2 Å². The molecule has 1 aromatic heterocycles. The van der Waals surface area contributed by atoms with Gasteiger partial charge in [-0.25, -0.2) is 17.8 Å². The minimum absolute atomic E-state index is 0.00139. The summed E-state index contributed by atoms with van der Waals surface area (Å²) in [4.78, 5) is 3.74. The number of nitrogen functional groups attached to an aromatic ring is 1. The highest BCUT2D eigenvalue weighted by molar-refractivity contribution is 7.92. The van der Waals surface area contributed by atoms with Crippen molar-refractivity contribution in [3.8, 4) is 6.07 Å². The standard InChI is InChI=1S/C19H12Cl2FN3O2S/c20-12-2-4-13(5-3-12)28(26,27)19(14-8-18(24)25-10-16(14)21)15-7-11(9-23)1-6-17(15)22/h1-8,10,19H,(H2,24,25). The molecule has 0 radical (unpaired) electrons. The zero-order chi connectivity index (χ0) is 20.5. The van der Waals surface area contributed by atoms with Crippen LogP contribution in [0, 0.1) is 17.1 Å². The van der Waals surface area contributed by atoms with Crippen molar-refractivity contribution in [2.75, 3.05) is 5.73 Å². The molecule has 0 saturated heterocycles. The van der Waals surface area contributed by atoms with Gasteiger partial charge in [0.25, 0.3) is 0 Å². The van der Waals surface area contributed by atoms with Crippen LogP contribution in [0.25, 0.3) is 0 Å². The third-order valence-electron chi connectivity index (χ3n) is 4.05. The molecular formula is C19H12Cl2FN3O2S. The van der Waals surface area contributed by atoms with Gasteiger partial charge in [0.1, 0.15) is 16.9 Å². The quantitative estimate of drug-likeness (QED) is 0.648. The van der Waals surface area contributed by atoms with E-state index in [1.165, 1.54) is 48.7 Å². The van der Waals surface area contributed by atoms with Gasteiger partial charge < -0.3 is 5.73 Å². The summed E-state index contributed by atoms with van der Waals surface area (Å²) < 4.78 is 41.6. The number of benzene rings is 2. The lowest BCUT2D eigenvalue weighted by atomic mass is 10.0. The zero-order valence-corrected chi connectivity index (χ0v) is 16.4. The van der Waals surface area contributed by atoms with Crippen molar-refractivity contribution in [3.05, 3.63) is 87.3 Å². The normalized spacial score (nSPS) is 12.4. The zero-order valence-electron chi connectivity index (χ0n) is 14.1. The number of nitrogens with zero attached hydrogens (tertiary/aromatic N) is 2. The highest BCUT2D eigenvalue weighted by Gasteiger charge is 2.35. The van der Waals surface area contributed by atoms with E-state index in [9.17, 15) is 12.8 Å². The largest absolute Gasteiger partial charge is 0.384 e. The van der Waals surface area contributed by atoms with Gasteiger partial charge in [0, 0.05) is 16.8 Å². The first kappa shape index (κ1) is 20.1. The number of nitrogens with two attached hydrogens (primary N) is 1. The minimum Gasteiger partial charge on any atom is -0.384 e. The van der Waals surface area contributed by atoms with Crippen LogP contribution in [0.3, 0.4) is 0 Å². The van der Waals surface area contributed by atoms with Crippen LogP contribution in [-0.2, 0) is 9.84 Å². The molecule has 2 aromatic carbocycles. The molecule has 0 aliphatic rings. The van der Waals surface area contributed by atoms with Gasteiger partial charge in [-0.05, 0) is 54.1 Å². The molecule has 1 unspecified atom stereocenters. The maximum Gasteiger partial charge on any atom is 0.189 e. The topological polar surface area (TPSA) is 96.8 Å². The number of sulfone groups is 1. The van der Waals surface area contributed by atoms with Crippen LogP contribution in [0.4, 0.5) is 10.2 Å². The van der Waals surface area contributed by atoms with Crippen molar-refractivity contribution in [1.82, 2.24) is 4.98 Å².